The van der Waals surface area contributed by atoms with E-state index in [0.29, 0.717) is 6.54 Å². The molecule has 0 amide bonds. The maximum atomic E-state index is 5.84. The second-order valence-electron chi connectivity index (χ2n) is 3.82. The molecule has 1 aliphatic heterocycles. The molecule has 0 bridgehead atoms. The lowest BCUT2D eigenvalue weighted by atomic mass is 9.76. The van der Waals surface area contributed by atoms with Crippen LogP contribution in [0.1, 0.15) is 12.0 Å². The van der Waals surface area contributed by atoms with Gasteiger partial charge in [0.25, 0.3) is 0 Å². The molecule has 1 fully saturated rings. The molecular formula is C11H14ClNO. The van der Waals surface area contributed by atoms with Crippen LogP contribution in [0.5, 0.6) is 0 Å². The second-order valence-corrected chi connectivity index (χ2v) is 4.26. The largest absolute Gasteiger partial charge is 0.379 e. The molecule has 2 N–H and O–H groups in total. The van der Waals surface area contributed by atoms with E-state index >= 15 is 0 Å². The molecule has 0 aliphatic carbocycles. The highest BCUT2D eigenvalue weighted by atomic mass is 35.5. The van der Waals surface area contributed by atoms with E-state index in [1.807, 2.05) is 12.1 Å². The van der Waals surface area contributed by atoms with E-state index in [0.717, 1.165) is 24.7 Å². The van der Waals surface area contributed by atoms with Gasteiger partial charge in [-0.05, 0) is 30.7 Å². The SMILES string of the molecule is NCCC1(c2ccc(Cl)cc2)COC1. The summed E-state index contributed by atoms with van der Waals surface area (Å²) in [6, 6.07) is 7.99. The second kappa shape index (κ2) is 3.89. The topological polar surface area (TPSA) is 35.2 Å². The molecule has 0 saturated carbocycles. The van der Waals surface area contributed by atoms with Crippen LogP contribution in [0.2, 0.25) is 5.02 Å². The van der Waals surface area contributed by atoms with E-state index in [1.165, 1.54) is 5.56 Å². The summed E-state index contributed by atoms with van der Waals surface area (Å²) in [5.41, 5.74) is 7.05. The molecule has 1 aromatic rings. The quantitative estimate of drug-likeness (QED) is 0.830. The Labute approximate surface area is 89.0 Å². The molecule has 0 aromatic heterocycles. The predicted molar refractivity (Wildman–Crippen MR) is 57.6 cm³/mol. The van der Waals surface area contributed by atoms with Crippen LogP contribution in [0.3, 0.4) is 0 Å². The summed E-state index contributed by atoms with van der Waals surface area (Å²) in [5, 5.41) is 0.775. The fourth-order valence-corrected chi connectivity index (χ4v) is 2.01. The average molecular weight is 212 g/mol. The highest BCUT2D eigenvalue weighted by Crippen LogP contribution is 2.35. The first-order chi connectivity index (χ1) is 6.77. The third-order valence-corrected chi connectivity index (χ3v) is 3.09. The van der Waals surface area contributed by atoms with Gasteiger partial charge in [-0.15, -0.1) is 0 Å². The minimum atomic E-state index is 0.152. The van der Waals surface area contributed by atoms with Gasteiger partial charge in [0.15, 0.2) is 0 Å². The van der Waals surface area contributed by atoms with E-state index in [1.54, 1.807) is 0 Å². The van der Waals surface area contributed by atoms with Gasteiger partial charge in [0.2, 0.25) is 0 Å². The Morgan fingerprint density at radius 1 is 1.29 bits per heavy atom. The van der Waals surface area contributed by atoms with E-state index < -0.39 is 0 Å². The van der Waals surface area contributed by atoms with Crippen LogP contribution in [-0.4, -0.2) is 19.8 Å². The Bertz CT molecular complexity index is 306. The first kappa shape index (κ1) is 9.97. The van der Waals surface area contributed by atoms with Crippen LogP contribution in [0.4, 0.5) is 0 Å². The first-order valence-electron chi connectivity index (χ1n) is 4.81. The van der Waals surface area contributed by atoms with Crippen LogP contribution in [0.25, 0.3) is 0 Å². The summed E-state index contributed by atoms with van der Waals surface area (Å²) in [5.74, 6) is 0. The third kappa shape index (κ3) is 1.65. The van der Waals surface area contributed by atoms with Gasteiger partial charge in [0, 0.05) is 10.4 Å². The predicted octanol–water partition coefficient (Wildman–Crippen LogP) is 1.96. The van der Waals surface area contributed by atoms with Crippen LogP contribution in [0.15, 0.2) is 24.3 Å². The van der Waals surface area contributed by atoms with Gasteiger partial charge in [-0.25, -0.2) is 0 Å². The Morgan fingerprint density at radius 3 is 2.36 bits per heavy atom. The number of benzene rings is 1. The normalized spacial score (nSPS) is 19.0. The number of rotatable bonds is 3. The number of ether oxygens (including phenoxy) is 1. The number of hydrogen-bond acceptors (Lipinski definition) is 2. The Balaban J connectivity index is 2.23. The van der Waals surface area contributed by atoms with Crippen molar-refractivity contribution < 1.29 is 4.74 Å². The fraction of sp³-hybridized carbons (Fsp3) is 0.455. The van der Waals surface area contributed by atoms with Crippen LogP contribution in [0, 0.1) is 0 Å². The highest BCUT2D eigenvalue weighted by molar-refractivity contribution is 6.30. The lowest BCUT2D eigenvalue weighted by molar-refractivity contribution is -0.0631. The molecule has 3 heteroatoms. The molecule has 0 unspecified atom stereocenters. The summed E-state index contributed by atoms with van der Waals surface area (Å²) >= 11 is 5.84. The first-order valence-corrected chi connectivity index (χ1v) is 5.18. The fourth-order valence-electron chi connectivity index (χ4n) is 1.88. The van der Waals surface area contributed by atoms with Gasteiger partial charge in [0.1, 0.15) is 0 Å². The number of halogens is 1. The zero-order chi connectivity index (χ0) is 10.0. The molecule has 76 valence electrons. The Morgan fingerprint density at radius 2 is 1.93 bits per heavy atom. The van der Waals surface area contributed by atoms with E-state index in [9.17, 15) is 0 Å². The molecule has 2 rings (SSSR count). The Hall–Kier alpha value is -0.570. The van der Waals surface area contributed by atoms with E-state index in [-0.39, 0.29) is 5.41 Å². The molecular weight excluding hydrogens is 198 g/mol. The van der Waals surface area contributed by atoms with Gasteiger partial charge >= 0.3 is 0 Å². The summed E-state index contributed by atoms with van der Waals surface area (Å²) in [7, 11) is 0. The van der Waals surface area contributed by atoms with Crippen molar-refractivity contribution in [3.63, 3.8) is 0 Å². The molecule has 14 heavy (non-hydrogen) atoms. The molecule has 1 aromatic carbocycles. The van der Waals surface area contributed by atoms with Crippen molar-refractivity contribution >= 4 is 11.6 Å². The van der Waals surface area contributed by atoms with Crippen LogP contribution < -0.4 is 5.73 Å². The lowest BCUT2D eigenvalue weighted by Crippen LogP contribution is -2.48. The smallest absolute Gasteiger partial charge is 0.0586 e. The van der Waals surface area contributed by atoms with Crippen molar-refractivity contribution in [1.82, 2.24) is 0 Å². The maximum Gasteiger partial charge on any atom is 0.0586 e. The third-order valence-electron chi connectivity index (χ3n) is 2.84. The summed E-state index contributed by atoms with van der Waals surface area (Å²) in [4.78, 5) is 0. The van der Waals surface area contributed by atoms with Crippen LogP contribution in [-0.2, 0) is 10.2 Å². The van der Waals surface area contributed by atoms with Crippen molar-refractivity contribution in [2.45, 2.75) is 11.8 Å². The minimum absolute atomic E-state index is 0.152. The molecule has 2 nitrogen and oxygen atoms in total. The minimum Gasteiger partial charge on any atom is -0.379 e. The monoisotopic (exact) mass is 211 g/mol. The van der Waals surface area contributed by atoms with Gasteiger partial charge < -0.3 is 10.5 Å². The zero-order valence-corrected chi connectivity index (χ0v) is 8.76. The van der Waals surface area contributed by atoms with Crippen molar-refractivity contribution in [3.05, 3.63) is 34.9 Å². The molecule has 1 aliphatic rings. The Kier molecular flexibility index (Phi) is 2.77. The van der Waals surface area contributed by atoms with Gasteiger partial charge in [-0.1, -0.05) is 23.7 Å². The lowest BCUT2D eigenvalue weighted by Gasteiger charge is -2.42. The van der Waals surface area contributed by atoms with Gasteiger partial charge in [-0.2, -0.15) is 0 Å². The maximum absolute atomic E-state index is 5.84. The number of nitrogens with two attached hydrogens (primary N) is 1. The van der Waals surface area contributed by atoms with E-state index in [4.69, 9.17) is 22.1 Å². The average Bonchev–Trinajstić information content (AvgIpc) is 2.13. The summed E-state index contributed by atoms with van der Waals surface area (Å²) in [6.45, 7) is 2.27. The van der Waals surface area contributed by atoms with Gasteiger partial charge in [-0.3, -0.25) is 0 Å². The van der Waals surface area contributed by atoms with Crippen molar-refractivity contribution in [1.29, 1.82) is 0 Å². The molecule has 0 spiro atoms. The van der Waals surface area contributed by atoms with Crippen molar-refractivity contribution in [2.75, 3.05) is 19.8 Å². The summed E-state index contributed by atoms with van der Waals surface area (Å²) in [6.07, 6.45) is 0.981. The zero-order valence-electron chi connectivity index (χ0n) is 8.00. The van der Waals surface area contributed by atoms with Crippen molar-refractivity contribution in [2.24, 2.45) is 5.73 Å². The molecule has 1 heterocycles. The number of hydrogen-bond donors (Lipinski definition) is 1. The summed E-state index contributed by atoms with van der Waals surface area (Å²) < 4.78 is 5.29. The standard InChI is InChI=1S/C11H14ClNO/c12-10-3-1-9(2-4-10)11(5-6-13)7-14-8-11/h1-4H,5-8,13H2. The highest BCUT2D eigenvalue weighted by Gasteiger charge is 2.39. The van der Waals surface area contributed by atoms with Crippen LogP contribution >= 0.6 is 11.6 Å². The molecule has 0 radical (unpaired) electrons. The van der Waals surface area contributed by atoms with Gasteiger partial charge in [0.05, 0.1) is 13.2 Å². The molecule has 0 atom stereocenters. The van der Waals surface area contributed by atoms with E-state index in [2.05, 4.69) is 12.1 Å². The van der Waals surface area contributed by atoms with Crippen molar-refractivity contribution in [3.8, 4) is 0 Å². The molecule has 1 saturated heterocycles.